The van der Waals surface area contributed by atoms with Gasteiger partial charge in [0.05, 0.1) is 12.9 Å². The Morgan fingerprint density at radius 2 is 1.74 bits per heavy atom. The zero-order chi connectivity index (χ0) is 23.8. The predicted molar refractivity (Wildman–Crippen MR) is 133 cm³/mol. The fraction of sp³-hybridized carbons (Fsp3) is 0.240. The zero-order valence-corrected chi connectivity index (χ0v) is 19.1. The molecule has 1 heterocycles. The van der Waals surface area contributed by atoms with E-state index < -0.39 is 0 Å². The molecule has 3 rings (SSSR count). The van der Waals surface area contributed by atoms with Gasteiger partial charge in [0, 0.05) is 33.9 Å². The molecule has 6 heteroatoms. The fourth-order valence-electron chi connectivity index (χ4n) is 2.82. The standard InChI is InChI=1S/C18H19N5O.C3H6.C2H6.C2H2/c1-12(24-2)9-10-23-16-6-4-3-5-14(16)15-11-13(7-8-17(15)23)18(19)21-22-20;1-3-2;2*1-2/h3-9,11H,10H2,1-2H3,(H3,19,20,21);3H,1H2,2H3;1-2H3;1-2H/b12-9-;;;. The van der Waals surface area contributed by atoms with Crippen molar-refractivity contribution in [1.29, 1.82) is 5.41 Å². The third-order valence-corrected chi connectivity index (χ3v) is 4.09. The monoisotopic (exact) mass is 419 g/mol. The largest absolute Gasteiger partial charge is 0.502 e. The van der Waals surface area contributed by atoms with Crippen molar-refractivity contribution in [3.8, 4) is 12.8 Å². The van der Waals surface area contributed by atoms with Crippen LogP contribution in [0.25, 0.3) is 21.8 Å². The molecule has 0 bridgehead atoms. The maximum atomic E-state index is 7.91. The molecule has 1 aromatic heterocycles. The van der Waals surface area contributed by atoms with Crippen molar-refractivity contribution in [3.05, 3.63) is 72.5 Å². The van der Waals surface area contributed by atoms with Gasteiger partial charge in [0.15, 0.2) is 5.84 Å². The van der Waals surface area contributed by atoms with E-state index in [1.54, 1.807) is 13.2 Å². The number of ether oxygens (including phenoxy) is 1. The van der Waals surface area contributed by atoms with E-state index >= 15 is 0 Å². The number of methoxy groups -OCH3 is 1. The molecular formula is C25H33N5O. The fourth-order valence-corrected chi connectivity index (χ4v) is 2.82. The van der Waals surface area contributed by atoms with Gasteiger partial charge in [0.1, 0.15) is 0 Å². The molecule has 0 atom stereocenters. The van der Waals surface area contributed by atoms with Gasteiger partial charge in [-0.25, -0.2) is 0 Å². The van der Waals surface area contributed by atoms with Crippen molar-refractivity contribution in [2.75, 3.05) is 7.11 Å². The number of amidine groups is 1. The van der Waals surface area contributed by atoms with E-state index in [1.165, 1.54) is 0 Å². The summed E-state index contributed by atoms with van der Waals surface area (Å²) < 4.78 is 7.46. The molecule has 0 radical (unpaired) electrons. The molecular weight excluding hydrogens is 386 g/mol. The van der Waals surface area contributed by atoms with Crippen LogP contribution < -0.4 is 5.84 Å². The number of para-hydroxylation sites is 1. The molecule has 3 aromatic rings. The zero-order valence-electron chi connectivity index (χ0n) is 19.1. The van der Waals surface area contributed by atoms with E-state index in [4.69, 9.17) is 16.0 Å². The summed E-state index contributed by atoms with van der Waals surface area (Å²) in [7, 11) is 1.67. The Labute approximate surface area is 185 Å². The summed E-state index contributed by atoms with van der Waals surface area (Å²) in [5.41, 5.74) is 2.91. The van der Waals surface area contributed by atoms with Crippen LogP contribution in [-0.2, 0) is 11.3 Å². The number of aromatic nitrogens is 1. The molecule has 164 valence electrons. The minimum Gasteiger partial charge on any atom is -0.502 e. The molecule has 0 aliphatic rings. The summed E-state index contributed by atoms with van der Waals surface area (Å²) in [5, 5.41) is 16.9. The summed E-state index contributed by atoms with van der Waals surface area (Å²) in [6.45, 7) is 11.9. The Morgan fingerprint density at radius 1 is 1.16 bits per heavy atom. The lowest BCUT2D eigenvalue weighted by atomic mass is 10.1. The second kappa shape index (κ2) is 15.1. The van der Waals surface area contributed by atoms with Gasteiger partial charge in [0.25, 0.3) is 0 Å². The quantitative estimate of drug-likeness (QED) is 0.0742. The maximum absolute atomic E-state index is 7.91. The number of terminal acetylenes is 1. The van der Waals surface area contributed by atoms with Crippen LogP contribution in [0.3, 0.4) is 0 Å². The molecule has 0 aliphatic carbocycles. The van der Waals surface area contributed by atoms with Crippen LogP contribution in [0.15, 0.2) is 77.3 Å². The predicted octanol–water partition coefficient (Wildman–Crippen LogP) is 6.46. The second-order valence-electron chi connectivity index (χ2n) is 5.85. The lowest BCUT2D eigenvalue weighted by Gasteiger charge is -2.06. The van der Waals surface area contributed by atoms with E-state index in [0.717, 1.165) is 27.6 Å². The van der Waals surface area contributed by atoms with E-state index in [0.29, 0.717) is 12.1 Å². The summed E-state index contributed by atoms with van der Waals surface area (Å²) in [5.74, 6) is 5.98. The number of nitrogens with one attached hydrogen (secondary N) is 1. The van der Waals surface area contributed by atoms with Gasteiger partial charge >= 0.3 is 0 Å². The van der Waals surface area contributed by atoms with E-state index in [1.807, 2.05) is 64.1 Å². The van der Waals surface area contributed by atoms with E-state index in [2.05, 4.69) is 46.5 Å². The number of hydrogen-bond donors (Lipinski definition) is 2. The number of nitrogens with two attached hydrogens (primary N) is 1. The Bertz CT molecular complexity index is 1060. The molecule has 3 N–H and O–H groups in total. The molecule has 0 fully saturated rings. The molecule has 0 spiro atoms. The van der Waals surface area contributed by atoms with E-state index in [-0.39, 0.29) is 5.84 Å². The van der Waals surface area contributed by atoms with Gasteiger partial charge < -0.3 is 15.1 Å². The number of nitrogens with zero attached hydrogens (tertiary/aromatic N) is 3. The summed E-state index contributed by atoms with van der Waals surface area (Å²) in [6, 6.07) is 14.0. The van der Waals surface area contributed by atoms with Crippen molar-refractivity contribution in [2.45, 2.75) is 34.2 Å². The molecule has 31 heavy (non-hydrogen) atoms. The lowest BCUT2D eigenvalue weighted by molar-refractivity contribution is 0.291. The number of fused-ring (bicyclic) bond motifs is 3. The highest BCUT2D eigenvalue weighted by molar-refractivity contribution is 6.11. The van der Waals surface area contributed by atoms with Crippen molar-refractivity contribution in [1.82, 2.24) is 4.57 Å². The van der Waals surface area contributed by atoms with Gasteiger partial charge in [-0.3, -0.25) is 5.41 Å². The maximum Gasteiger partial charge on any atom is 0.176 e. The third kappa shape index (κ3) is 7.16. The van der Waals surface area contributed by atoms with Crippen molar-refractivity contribution in [3.63, 3.8) is 0 Å². The minimum atomic E-state index is 0.0476. The SMILES string of the molecule is C#C.C=CC.CC.CO/C(C)=C\Cn1c2ccccc2c2cc(C(=N)N=NN)ccc21. The molecule has 0 saturated heterocycles. The summed E-state index contributed by atoms with van der Waals surface area (Å²) in [4.78, 5) is 0. The smallest absolute Gasteiger partial charge is 0.176 e. The third-order valence-electron chi connectivity index (χ3n) is 4.09. The Hall–Kier alpha value is -3.85. The number of benzene rings is 2. The van der Waals surface area contributed by atoms with Crippen LogP contribution in [0.1, 0.15) is 33.3 Å². The summed E-state index contributed by atoms with van der Waals surface area (Å²) >= 11 is 0. The van der Waals surface area contributed by atoms with Crippen LogP contribution in [-0.4, -0.2) is 17.5 Å². The highest BCUT2D eigenvalue weighted by Gasteiger charge is 2.11. The molecule has 0 amide bonds. The average molecular weight is 420 g/mol. The highest BCUT2D eigenvalue weighted by atomic mass is 16.5. The van der Waals surface area contributed by atoms with Gasteiger partial charge in [-0.2, -0.15) is 0 Å². The molecule has 2 aromatic carbocycles. The van der Waals surface area contributed by atoms with Crippen molar-refractivity contribution in [2.24, 2.45) is 16.2 Å². The lowest BCUT2D eigenvalue weighted by Crippen LogP contribution is -1.98. The summed E-state index contributed by atoms with van der Waals surface area (Å²) in [6.07, 6.45) is 11.8. The van der Waals surface area contributed by atoms with Crippen LogP contribution >= 0.6 is 0 Å². The number of rotatable bonds is 4. The first kappa shape index (κ1) is 27.1. The first-order chi connectivity index (χ1) is 15.1. The molecule has 0 saturated carbocycles. The van der Waals surface area contributed by atoms with Gasteiger partial charge in [-0.05, 0) is 44.2 Å². The van der Waals surface area contributed by atoms with Crippen LogP contribution in [0, 0.1) is 18.3 Å². The van der Waals surface area contributed by atoms with Gasteiger partial charge in [-0.15, -0.1) is 24.5 Å². The molecule has 6 nitrogen and oxygen atoms in total. The van der Waals surface area contributed by atoms with Crippen molar-refractivity contribution < 1.29 is 4.74 Å². The van der Waals surface area contributed by atoms with Crippen LogP contribution in [0.4, 0.5) is 0 Å². The number of allylic oxidation sites excluding steroid dienone is 3. The first-order valence-corrected chi connectivity index (χ1v) is 9.89. The average Bonchev–Trinajstić information content (AvgIpc) is 3.13. The van der Waals surface area contributed by atoms with Crippen molar-refractivity contribution >= 4 is 27.6 Å². The van der Waals surface area contributed by atoms with Gasteiger partial charge in [0.2, 0.25) is 0 Å². The molecule has 0 unspecified atom stereocenters. The Balaban J connectivity index is 0.00000116. The highest BCUT2D eigenvalue weighted by Crippen LogP contribution is 2.30. The topological polar surface area (TPSA) is 88.8 Å². The first-order valence-electron chi connectivity index (χ1n) is 9.89. The van der Waals surface area contributed by atoms with E-state index in [9.17, 15) is 0 Å². The molecule has 0 aliphatic heterocycles. The number of hydrogen-bond acceptors (Lipinski definition) is 3. The van der Waals surface area contributed by atoms with Crippen LogP contribution in [0.2, 0.25) is 0 Å². The van der Waals surface area contributed by atoms with Gasteiger partial charge in [-0.1, -0.05) is 43.3 Å². The minimum absolute atomic E-state index is 0.0476. The Kier molecular flexibility index (Phi) is 13.2. The van der Waals surface area contributed by atoms with Crippen LogP contribution in [0.5, 0.6) is 0 Å². The second-order valence-corrected chi connectivity index (χ2v) is 5.85. The Morgan fingerprint density at radius 3 is 2.32 bits per heavy atom. The normalized spacial score (nSPS) is 10.2.